The summed E-state index contributed by atoms with van der Waals surface area (Å²) in [6, 6.07) is 13.6. The molecule has 0 aliphatic rings. The molecule has 0 amide bonds. The van der Waals surface area contributed by atoms with Crippen molar-refractivity contribution < 1.29 is 9.53 Å². The minimum Gasteiger partial charge on any atom is -0.497 e. The lowest BCUT2D eigenvalue weighted by Gasteiger charge is -2.06. The third-order valence-electron chi connectivity index (χ3n) is 3.39. The number of halogens is 1. The summed E-state index contributed by atoms with van der Waals surface area (Å²) in [5, 5.41) is 3.23. The standard InChI is InChI=1S/C17H13BrO2S/c1-20-12-6-7-15(18)14(9-12)16(19)8-11-10-21-17-5-3-2-4-13(11)17/h2-7,9-10H,8H2,1H3. The topological polar surface area (TPSA) is 26.3 Å². The minimum atomic E-state index is 0.0873. The molecular formula is C17H13BrO2S. The molecule has 0 aliphatic carbocycles. The van der Waals surface area contributed by atoms with Gasteiger partial charge >= 0.3 is 0 Å². The van der Waals surface area contributed by atoms with Crippen LogP contribution in [-0.2, 0) is 6.42 Å². The molecule has 106 valence electrons. The highest BCUT2D eigenvalue weighted by atomic mass is 79.9. The van der Waals surface area contributed by atoms with E-state index >= 15 is 0 Å². The number of thiophene rings is 1. The molecule has 0 saturated heterocycles. The van der Waals surface area contributed by atoms with Crippen molar-refractivity contribution in [2.75, 3.05) is 7.11 Å². The van der Waals surface area contributed by atoms with Crippen LogP contribution in [0.4, 0.5) is 0 Å². The van der Waals surface area contributed by atoms with E-state index in [-0.39, 0.29) is 5.78 Å². The summed E-state index contributed by atoms with van der Waals surface area (Å²) < 4.78 is 7.21. The molecule has 0 N–H and O–H groups in total. The molecule has 0 spiro atoms. The molecule has 3 aromatic rings. The first-order valence-corrected chi connectivity index (χ1v) is 8.18. The monoisotopic (exact) mass is 360 g/mol. The molecular weight excluding hydrogens is 348 g/mol. The normalized spacial score (nSPS) is 10.8. The van der Waals surface area contributed by atoms with Crippen LogP contribution in [0.5, 0.6) is 5.75 Å². The van der Waals surface area contributed by atoms with Gasteiger partial charge in [0.1, 0.15) is 5.75 Å². The van der Waals surface area contributed by atoms with Gasteiger partial charge in [0.05, 0.1) is 7.11 Å². The second kappa shape index (κ2) is 6.00. The van der Waals surface area contributed by atoms with Gasteiger partial charge in [-0.15, -0.1) is 11.3 Å². The van der Waals surface area contributed by atoms with E-state index in [9.17, 15) is 4.79 Å². The van der Waals surface area contributed by atoms with Crippen molar-refractivity contribution in [3.63, 3.8) is 0 Å². The molecule has 0 fully saturated rings. The first-order chi connectivity index (χ1) is 10.2. The Morgan fingerprint density at radius 2 is 2.05 bits per heavy atom. The molecule has 1 heterocycles. The van der Waals surface area contributed by atoms with Crippen molar-refractivity contribution in [2.24, 2.45) is 0 Å². The number of carbonyl (C=O) groups is 1. The van der Waals surface area contributed by atoms with Crippen LogP contribution in [0.3, 0.4) is 0 Å². The van der Waals surface area contributed by atoms with E-state index < -0.39 is 0 Å². The van der Waals surface area contributed by atoms with E-state index in [4.69, 9.17) is 4.74 Å². The summed E-state index contributed by atoms with van der Waals surface area (Å²) in [5.74, 6) is 0.779. The predicted octanol–water partition coefficient (Wildman–Crippen LogP) is 5.10. The number of rotatable bonds is 4. The van der Waals surface area contributed by atoms with E-state index in [0.29, 0.717) is 17.7 Å². The Morgan fingerprint density at radius 3 is 2.86 bits per heavy atom. The van der Waals surface area contributed by atoms with E-state index in [1.54, 1.807) is 24.5 Å². The summed E-state index contributed by atoms with van der Waals surface area (Å²) in [6.45, 7) is 0. The zero-order chi connectivity index (χ0) is 14.8. The number of carbonyl (C=O) groups excluding carboxylic acids is 1. The Morgan fingerprint density at radius 1 is 1.24 bits per heavy atom. The average Bonchev–Trinajstić information content (AvgIpc) is 2.91. The lowest BCUT2D eigenvalue weighted by molar-refractivity contribution is 0.0992. The van der Waals surface area contributed by atoms with Crippen molar-refractivity contribution in [3.8, 4) is 5.75 Å². The van der Waals surface area contributed by atoms with Gasteiger partial charge < -0.3 is 4.74 Å². The van der Waals surface area contributed by atoms with Crippen LogP contribution in [0.2, 0.25) is 0 Å². The summed E-state index contributed by atoms with van der Waals surface area (Å²) in [5.41, 5.74) is 1.74. The van der Waals surface area contributed by atoms with E-state index in [2.05, 4.69) is 33.4 Å². The number of Topliss-reactive ketones (excluding diaryl/α,β-unsaturated/α-hetero) is 1. The Bertz CT molecular complexity index is 807. The van der Waals surface area contributed by atoms with Gasteiger partial charge in [0.25, 0.3) is 0 Å². The molecule has 2 nitrogen and oxygen atoms in total. The van der Waals surface area contributed by atoms with Crippen molar-refractivity contribution in [1.29, 1.82) is 0 Å². The highest BCUT2D eigenvalue weighted by molar-refractivity contribution is 9.10. The number of ketones is 1. The summed E-state index contributed by atoms with van der Waals surface area (Å²) in [4.78, 5) is 12.6. The molecule has 0 unspecified atom stereocenters. The SMILES string of the molecule is COc1ccc(Br)c(C(=O)Cc2csc3ccccc23)c1. The van der Waals surface area contributed by atoms with Crippen LogP contribution in [-0.4, -0.2) is 12.9 Å². The quantitative estimate of drug-likeness (QED) is 0.605. The third kappa shape index (κ3) is 2.87. The molecule has 0 bridgehead atoms. The van der Waals surface area contributed by atoms with Crippen LogP contribution in [0.25, 0.3) is 10.1 Å². The molecule has 2 aromatic carbocycles. The fourth-order valence-corrected chi connectivity index (χ4v) is 3.71. The van der Waals surface area contributed by atoms with Gasteiger partial charge in [0.2, 0.25) is 0 Å². The fourth-order valence-electron chi connectivity index (χ4n) is 2.28. The maximum absolute atomic E-state index is 12.6. The van der Waals surface area contributed by atoms with E-state index in [1.807, 2.05) is 24.3 Å². The highest BCUT2D eigenvalue weighted by Gasteiger charge is 2.14. The molecule has 0 atom stereocenters. The fraction of sp³-hybridized carbons (Fsp3) is 0.118. The summed E-state index contributed by atoms with van der Waals surface area (Å²) >= 11 is 5.11. The predicted molar refractivity (Wildman–Crippen MR) is 90.6 cm³/mol. The van der Waals surface area contributed by atoms with E-state index in [1.165, 1.54) is 4.70 Å². The number of ether oxygens (including phenoxy) is 1. The summed E-state index contributed by atoms with van der Waals surface area (Å²) in [6.07, 6.45) is 0.399. The van der Waals surface area contributed by atoms with E-state index in [0.717, 1.165) is 15.4 Å². The van der Waals surface area contributed by atoms with Gasteiger partial charge in [0.15, 0.2) is 5.78 Å². The van der Waals surface area contributed by atoms with Crippen molar-refractivity contribution in [3.05, 3.63) is 63.4 Å². The molecule has 0 radical (unpaired) electrons. The number of benzene rings is 2. The zero-order valence-electron chi connectivity index (χ0n) is 11.4. The van der Waals surface area contributed by atoms with Gasteiger partial charge in [0, 0.05) is 21.2 Å². The first kappa shape index (κ1) is 14.3. The van der Waals surface area contributed by atoms with Crippen LogP contribution < -0.4 is 4.74 Å². The molecule has 4 heteroatoms. The van der Waals surface area contributed by atoms with Crippen LogP contribution >= 0.6 is 27.3 Å². The molecule has 0 aliphatic heterocycles. The van der Waals surface area contributed by atoms with Crippen molar-refractivity contribution >= 4 is 43.1 Å². The average molecular weight is 361 g/mol. The largest absolute Gasteiger partial charge is 0.497 e. The first-order valence-electron chi connectivity index (χ1n) is 6.51. The Labute approximate surface area is 135 Å². The van der Waals surface area contributed by atoms with Gasteiger partial charge in [-0.2, -0.15) is 0 Å². The maximum atomic E-state index is 12.6. The van der Waals surface area contributed by atoms with Gasteiger partial charge in [-0.05, 0) is 40.6 Å². The number of hydrogen-bond donors (Lipinski definition) is 0. The number of methoxy groups -OCH3 is 1. The maximum Gasteiger partial charge on any atom is 0.168 e. The van der Waals surface area contributed by atoms with Crippen LogP contribution in [0, 0.1) is 0 Å². The number of fused-ring (bicyclic) bond motifs is 1. The smallest absolute Gasteiger partial charge is 0.168 e. The van der Waals surface area contributed by atoms with Crippen molar-refractivity contribution in [1.82, 2.24) is 0 Å². The minimum absolute atomic E-state index is 0.0873. The Hall–Kier alpha value is -1.65. The Kier molecular flexibility index (Phi) is 4.08. The van der Waals surface area contributed by atoms with Gasteiger partial charge in [-0.25, -0.2) is 0 Å². The molecule has 3 rings (SSSR count). The summed E-state index contributed by atoms with van der Waals surface area (Å²) in [7, 11) is 1.60. The molecule has 0 saturated carbocycles. The van der Waals surface area contributed by atoms with Crippen molar-refractivity contribution in [2.45, 2.75) is 6.42 Å². The molecule has 1 aromatic heterocycles. The second-order valence-electron chi connectivity index (χ2n) is 4.70. The van der Waals surface area contributed by atoms with Crippen LogP contribution in [0.1, 0.15) is 15.9 Å². The van der Waals surface area contributed by atoms with Gasteiger partial charge in [-0.1, -0.05) is 34.1 Å². The van der Waals surface area contributed by atoms with Crippen LogP contribution in [0.15, 0.2) is 52.3 Å². The molecule has 21 heavy (non-hydrogen) atoms. The number of hydrogen-bond acceptors (Lipinski definition) is 3. The highest BCUT2D eigenvalue weighted by Crippen LogP contribution is 2.28. The van der Waals surface area contributed by atoms with Gasteiger partial charge in [-0.3, -0.25) is 4.79 Å². The lowest BCUT2D eigenvalue weighted by atomic mass is 10.0. The zero-order valence-corrected chi connectivity index (χ0v) is 13.8. The lowest BCUT2D eigenvalue weighted by Crippen LogP contribution is -2.04. The third-order valence-corrected chi connectivity index (χ3v) is 5.09. The Balaban J connectivity index is 1.93. The second-order valence-corrected chi connectivity index (χ2v) is 6.47.